The fourth-order valence-corrected chi connectivity index (χ4v) is 0.249. The number of nitrogens with two attached hydrogens (primary N) is 1. The van der Waals surface area contributed by atoms with Crippen molar-refractivity contribution in [2.24, 2.45) is 5.73 Å². The van der Waals surface area contributed by atoms with Gasteiger partial charge < -0.3 is 9.92 Å². The van der Waals surface area contributed by atoms with Gasteiger partial charge in [-0.15, -0.1) is 0 Å². The lowest BCUT2D eigenvalue weighted by atomic mass is 10.4. The Kier molecular flexibility index (Phi) is 2.78. The average molecular weight is 121 g/mol. The number of hydrogen-bond donors (Lipinski definition) is 2. The van der Waals surface area contributed by atoms with E-state index in [0.29, 0.717) is 0 Å². The van der Waals surface area contributed by atoms with Crippen molar-refractivity contribution in [3.05, 3.63) is 0 Å². The van der Waals surface area contributed by atoms with Crippen molar-refractivity contribution in [2.75, 3.05) is 0 Å². The number of carbonyl (C=O) groups is 1. The van der Waals surface area contributed by atoms with Gasteiger partial charge in [-0.3, -0.25) is 0 Å². The molecular formula is C3H7NO2S. The van der Waals surface area contributed by atoms with Gasteiger partial charge in [-0.25, -0.2) is 4.79 Å². The first-order chi connectivity index (χ1) is 3.18. The zero-order valence-corrected chi connectivity index (χ0v) is 4.81. The quantitative estimate of drug-likeness (QED) is 0.370. The minimum atomic E-state index is -0.572. The van der Waals surface area contributed by atoms with Gasteiger partial charge in [0.25, 0.3) is 0 Å². The summed E-state index contributed by atoms with van der Waals surface area (Å²) in [4.78, 5) is 10.1. The van der Waals surface area contributed by atoms with Crippen LogP contribution in [0.25, 0.3) is 0 Å². The monoisotopic (exact) mass is 121 g/mol. The van der Waals surface area contributed by atoms with E-state index < -0.39 is 12.0 Å². The Morgan fingerprint density at radius 2 is 2.43 bits per heavy atom. The zero-order valence-electron chi connectivity index (χ0n) is 3.92. The molecular weight excluding hydrogens is 114 g/mol. The molecule has 0 aliphatic rings. The molecule has 0 aromatic rings. The van der Waals surface area contributed by atoms with E-state index in [1.54, 1.807) is 0 Å². The smallest absolute Gasteiger partial charge is 0.334 e. The molecule has 7 heavy (non-hydrogen) atoms. The van der Waals surface area contributed by atoms with Gasteiger partial charge in [0, 0.05) is 12.9 Å². The van der Waals surface area contributed by atoms with Crippen molar-refractivity contribution in [1.82, 2.24) is 0 Å². The molecule has 0 aromatic heterocycles. The molecule has 0 unspecified atom stereocenters. The summed E-state index contributed by atoms with van der Waals surface area (Å²) < 4.78 is 3.94. The summed E-state index contributed by atoms with van der Waals surface area (Å²) in [5, 5.41) is 0. The Morgan fingerprint density at radius 1 is 2.00 bits per heavy atom. The molecule has 0 saturated carbocycles. The third kappa shape index (κ3) is 2.47. The second-order valence-electron chi connectivity index (χ2n) is 1.20. The van der Waals surface area contributed by atoms with E-state index in [-0.39, 0.29) is 0 Å². The van der Waals surface area contributed by atoms with Gasteiger partial charge in [0.2, 0.25) is 0 Å². The van der Waals surface area contributed by atoms with E-state index in [4.69, 9.17) is 5.73 Å². The second-order valence-corrected chi connectivity index (χ2v) is 1.38. The summed E-state index contributed by atoms with van der Waals surface area (Å²) in [6, 6.07) is -0.572. The van der Waals surface area contributed by atoms with Crippen LogP contribution in [-0.4, -0.2) is 12.0 Å². The molecule has 0 fully saturated rings. The molecule has 2 N–H and O–H groups in total. The summed E-state index contributed by atoms with van der Waals surface area (Å²) in [6.45, 7) is 1.53. The van der Waals surface area contributed by atoms with Gasteiger partial charge in [0.05, 0.1) is 0 Å². The largest absolute Gasteiger partial charge is 0.394 e. The lowest BCUT2D eigenvalue weighted by Crippen LogP contribution is -2.26. The van der Waals surface area contributed by atoms with Crippen molar-refractivity contribution in [3.63, 3.8) is 0 Å². The van der Waals surface area contributed by atoms with Gasteiger partial charge in [-0.2, -0.15) is 0 Å². The maximum absolute atomic E-state index is 10.1. The standard InChI is InChI=1S/C3H7NO2S/c1-2(4)3(5)6-7/h2,7H,4H2,1H3/t2-/m0/s1. The number of hydrogen-bond acceptors (Lipinski definition) is 4. The molecule has 0 bridgehead atoms. The van der Waals surface area contributed by atoms with Crippen LogP contribution in [0.2, 0.25) is 0 Å². The lowest BCUT2D eigenvalue weighted by molar-refractivity contribution is -0.133. The van der Waals surface area contributed by atoms with Crippen molar-refractivity contribution in [2.45, 2.75) is 13.0 Å². The Hall–Kier alpha value is -0.220. The molecule has 0 amide bonds. The highest BCUT2D eigenvalue weighted by molar-refractivity contribution is 7.75. The Balaban J connectivity index is 3.35. The first kappa shape index (κ1) is 6.78. The summed E-state index contributed by atoms with van der Waals surface area (Å²) in [5.41, 5.74) is 5.02. The van der Waals surface area contributed by atoms with Gasteiger partial charge >= 0.3 is 5.97 Å². The van der Waals surface area contributed by atoms with E-state index in [2.05, 4.69) is 17.1 Å². The average Bonchev–Trinajstić information content (AvgIpc) is 1.65. The highest BCUT2D eigenvalue weighted by Crippen LogP contribution is 1.84. The molecule has 0 aliphatic heterocycles. The van der Waals surface area contributed by atoms with E-state index in [1.807, 2.05) is 0 Å². The Morgan fingerprint density at radius 3 is 2.43 bits per heavy atom. The number of thiol groups is 1. The van der Waals surface area contributed by atoms with Crippen LogP contribution in [-0.2, 0) is 8.98 Å². The fraction of sp³-hybridized carbons (Fsp3) is 0.667. The van der Waals surface area contributed by atoms with E-state index in [1.165, 1.54) is 6.92 Å². The summed E-state index contributed by atoms with van der Waals surface area (Å²) >= 11 is 3.23. The highest BCUT2D eigenvalue weighted by Gasteiger charge is 2.04. The van der Waals surface area contributed by atoms with Gasteiger partial charge in [-0.05, 0) is 6.92 Å². The lowest BCUT2D eigenvalue weighted by Gasteiger charge is -1.96. The third-order valence-corrected chi connectivity index (χ3v) is 0.642. The first-order valence-corrected chi connectivity index (χ1v) is 2.16. The molecule has 0 spiro atoms. The predicted molar refractivity (Wildman–Crippen MR) is 28.7 cm³/mol. The van der Waals surface area contributed by atoms with Crippen molar-refractivity contribution in [3.8, 4) is 0 Å². The van der Waals surface area contributed by atoms with Gasteiger partial charge in [0.1, 0.15) is 6.04 Å². The van der Waals surface area contributed by atoms with E-state index in [9.17, 15) is 4.79 Å². The normalized spacial score (nSPS) is 13.0. The molecule has 0 aromatic carbocycles. The fourth-order valence-electron chi connectivity index (χ4n) is 0.0831. The molecule has 0 radical (unpaired) electrons. The van der Waals surface area contributed by atoms with Gasteiger partial charge in [0.15, 0.2) is 0 Å². The topological polar surface area (TPSA) is 52.3 Å². The van der Waals surface area contributed by atoms with E-state index in [0.717, 1.165) is 0 Å². The Labute approximate surface area is 47.4 Å². The molecule has 1 atom stereocenters. The molecule has 42 valence electrons. The van der Waals surface area contributed by atoms with Crippen LogP contribution in [0.4, 0.5) is 0 Å². The molecule has 0 aliphatic carbocycles. The SMILES string of the molecule is C[C@H](N)C(=O)OS. The number of carbonyl (C=O) groups excluding carboxylic acids is 1. The van der Waals surface area contributed by atoms with Crippen LogP contribution < -0.4 is 5.73 Å². The molecule has 0 rings (SSSR count). The molecule has 0 saturated heterocycles. The van der Waals surface area contributed by atoms with Crippen LogP contribution in [0.15, 0.2) is 0 Å². The minimum absolute atomic E-state index is 0.511. The van der Waals surface area contributed by atoms with Crippen molar-refractivity contribution in [1.29, 1.82) is 0 Å². The maximum atomic E-state index is 10.1. The zero-order chi connectivity index (χ0) is 5.86. The van der Waals surface area contributed by atoms with Crippen LogP contribution in [0.3, 0.4) is 0 Å². The third-order valence-electron chi connectivity index (χ3n) is 0.462. The first-order valence-electron chi connectivity index (χ1n) is 1.79. The van der Waals surface area contributed by atoms with Crippen LogP contribution in [0, 0.1) is 0 Å². The second kappa shape index (κ2) is 2.87. The summed E-state index contributed by atoms with van der Waals surface area (Å²) in [5.74, 6) is -0.511. The van der Waals surface area contributed by atoms with Crippen LogP contribution in [0.1, 0.15) is 6.92 Å². The molecule has 4 heteroatoms. The molecule has 3 nitrogen and oxygen atoms in total. The Bertz CT molecular complexity index is 73.3. The summed E-state index contributed by atoms with van der Waals surface area (Å²) in [6.07, 6.45) is 0. The highest BCUT2D eigenvalue weighted by atomic mass is 32.1. The summed E-state index contributed by atoms with van der Waals surface area (Å²) in [7, 11) is 0. The van der Waals surface area contributed by atoms with Crippen molar-refractivity contribution >= 4 is 18.9 Å². The van der Waals surface area contributed by atoms with Gasteiger partial charge in [-0.1, -0.05) is 0 Å². The molecule has 0 heterocycles. The van der Waals surface area contributed by atoms with Crippen LogP contribution in [0.5, 0.6) is 0 Å². The maximum Gasteiger partial charge on any atom is 0.334 e. The number of rotatable bonds is 1. The predicted octanol–water partition coefficient (Wildman–Crippen LogP) is -0.278. The van der Waals surface area contributed by atoms with Crippen LogP contribution >= 0.6 is 12.9 Å². The van der Waals surface area contributed by atoms with Crippen molar-refractivity contribution < 1.29 is 8.98 Å². The van der Waals surface area contributed by atoms with E-state index >= 15 is 0 Å². The minimum Gasteiger partial charge on any atom is -0.394 e.